The maximum Gasteiger partial charge on any atom is 0.250 e. The number of nitrogen functional groups attached to an aromatic ring is 1. The van der Waals surface area contributed by atoms with Crippen LogP contribution in [0.3, 0.4) is 0 Å². The van der Waals surface area contributed by atoms with E-state index in [0.717, 1.165) is 12.2 Å². The molecule has 0 aliphatic heterocycles. The lowest BCUT2D eigenvalue weighted by Crippen LogP contribution is -1.98. The number of nitrogens with zero attached hydrogens (tertiary/aromatic N) is 3. The third kappa shape index (κ3) is 2.86. The molecule has 2 aromatic heterocycles. The van der Waals surface area contributed by atoms with Crippen molar-refractivity contribution in [2.75, 3.05) is 12.3 Å². The molecule has 3 aromatic rings. The molecule has 2 heterocycles. The van der Waals surface area contributed by atoms with Crippen molar-refractivity contribution in [1.82, 2.24) is 19.9 Å². The van der Waals surface area contributed by atoms with Gasteiger partial charge in [0.25, 0.3) is 5.88 Å². The fraction of sp³-hybridized carbons (Fsp3) is 0.214. The number of nitrogens with one attached hydrogen (secondary N) is 1. The van der Waals surface area contributed by atoms with Crippen molar-refractivity contribution in [3.8, 4) is 17.4 Å². The standard InChI is InChI=1S/C14H15N5O2/c1-2-7-20-9-3-5-10(6-4-9)21-13-11-12(17-8-16-11)18-14(15)19-13/h3-6,8H,2,7H2,1H3,(H3,15,16,17,18,19). The summed E-state index contributed by atoms with van der Waals surface area (Å²) in [7, 11) is 0. The Kier molecular flexibility index (Phi) is 3.55. The SMILES string of the molecule is CCCOc1ccc(Oc2nc(N)nc3nc[nH]c23)cc1. The summed E-state index contributed by atoms with van der Waals surface area (Å²) in [5.41, 5.74) is 6.72. The Bertz CT molecular complexity index is 739. The maximum atomic E-state index is 5.73. The van der Waals surface area contributed by atoms with Crippen molar-refractivity contribution in [3.63, 3.8) is 0 Å². The highest BCUT2D eigenvalue weighted by molar-refractivity contribution is 5.77. The average Bonchev–Trinajstić information content (AvgIpc) is 2.95. The predicted octanol–water partition coefficient (Wildman–Crippen LogP) is 2.52. The van der Waals surface area contributed by atoms with Crippen LogP contribution in [0.25, 0.3) is 11.2 Å². The first-order chi connectivity index (χ1) is 10.3. The molecule has 108 valence electrons. The summed E-state index contributed by atoms with van der Waals surface area (Å²) in [6.07, 6.45) is 2.49. The summed E-state index contributed by atoms with van der Waals surface area (Å²) in [6.45, 7) is 2.75. The normalized spacial score (nSPS) is 10.7. The molecule has 0 amide bonds. The van der Waals surface area contributed by atoms with E-state index in [-0.39, 0.29) is 5.95 Å². The average molecular weight is 285 g/mol. The highest BCUT2D eigenvalue weighted by atomic mass is 16.5. The second-order valence-corrected chi connectivity index (χ2v) is 4.41. The van der Waals surface area contributed by atoms with Gasteiger partial charge in [0.2, 0.25) is 5.95 Å². The minimum Gasteiger partial charge on any atom is -0.494 e. The Balaban J connectivity index is 1.83. The van der Waals surface area contributed by atoms with Crippen LogP contribution < -0.4 is 15.2 Å². The third-order valence-corrected chi connectivity index (χ3v) is 2.78. The smallest absolute Gasteiger partial charge is 0.250 e. The van der Waals surface area contributed by atoms with Gasteiger partial charge in [-0.25, -0.2) is 4.98 Å². The number of rotatable bonds is 5. The number of ether oxygens (including phenoxy) is 2. The Morgan fingerprint density at radius 1 is 1.14 bits per heavy atom. The van der Waals surface area contributed by atoms with Crippen LogP contribution in [0.2, 0.25) is 0 Å². The van der Waals surface area contributed by atoms with Gasteiger partial charge < -0.3 is 20.2 Å². The van der Waals surface area contributed by atoms with Crippen LogP contribution in [0.5, 0.6) is 17.4 Å². The van der Waals surface area contributed by atoms with Crippen LogP contribution in [0.1, 0.15) is 13.3 Å². The van der Waals surface area contributed by atoms with Gasteiger partial charge in [-0.05, 0) is 30.7 Å². The summed E-state index contributed by atoms with van der Waals surface area (Å²) >= 11 is 0. The first-order valence-corrected chi connectivity index (χ1v) is 6.63. The lowest BCUT2D eigenvalue weighted by Gasteiger charge is -2.08. The number of imidazole rings is 1. The molecule has 0 bridgehead atoms. The fourth-order valence-electron chi connectivity index (χ4n) is 1.83. The Morgan fingerprint density at radius 3 is 2.67 bits per heavy atom. The molecule has 7 heteroatoms. The zero-order valence-electron chi connectivity index (χ0n) is 11.5. The van der Waals surface area contributed by atoms with Gasteiger partial charge >= 0.3 is 0 Å². The zero-order chi connectivity index (χ0) is 14.7. The third-order valence-electron chi connectivity index (χ3n) is 2.78. The van der Waals surface area contributed by atoms with Crippen LogP contribution >= 0.6 is 0 Å². The van der Waals surface area contributed by atoms with Gasteiger partial charge in [0, 0.05) is 0 Å². The number of aromatic nitrogens is 4. The van der Waals surface area contributed by atoms with Crippen molar-refractivity contribution < 1.29 is 9.47 Å². The summed E-state index contributed by atoms with van der Waals surface area (Å²) < 4.78 is 11.3. The van der Waals surface area contributed by atoms with Gasteiger partial charge in [0.1, 0.15) is 17.0 Å². The number of hydrogen-bond acceptors (Lipinski definition) is 6. The van der Waals surface area contributed by atoms with E-state index in [1.165, 1.54) is 6.33 Å². The van der Waals surface area contributed by atoms with Crippen LogP contribution in [-0.2, 0) is 0 Å². The lowest BCUT2D eigenvalue weighted by atomic mass is 10.3. The van der Waals surface area contributed by atoms with Crippen LogP contribution in [0.15, 0.2) is 30.6 Å². The molecular formula is C14H15N5O2. The molecule has 0 radical (unpaired) electrons. The van der Waals surface area contributed by atoms with Crippen molar-refractivity contribution in [2.24, 2.45) is 0 Å². The minimum absolute atomic E-state index is 0.118. The van der Waals surface area contributed by atoms with Crippen molar-refractivity contribution in [1.29, 1.82) is 0 Å². The molecule has 0 saturated carbocycles. The maximum absolute atomic E-state index is 5.73. The second kappa shape index (κ2) is 5.66. The zero-order valence-corrected chi connectivity index (χ0v) is 11.5. The Hall–Kier alpha value is -2.83. The summed E-state index contributed by atoms with van der Waals surface area (Å²) in [4.78, 5) is 15.1. The first kappa shape index (κ1) is 13.2. The second-order valence-electron chi connectivity index (χ2n) is 4.41. The number of H-pyrrole nitrogens is 1. The summed E-state index contributed by atoms with van der Waals surface area (Å²) in [5.74, 6) is 1.90. The van der Waals surface area contributed by atoms with Crippen LogP contribution in [-0.4, -0.2) is 26.5 Å². The van der Waals surface area contributed by atoms with Crippen molar-refractivity contribution in [2.45, 2.75) is 13.3 Å². The number of aromatic amines is 1. The number of hydrogen-bond donors (Lipinski definition) is 2. The largest absolute Gasteiger partial charge is 0.494 e. The Labute approximate surface area is 121 Å². The molecule has 21 heavy (non-hydrogen) atoms. The molecule has 0 saturated heterocycles. The quantitative estimate of drug-likeness (QED) is 0.747. The molecule has 0 atom stereocenters. The number of nitrogens with two attached hydrogens (primary N) is 1. The van der Waals surface area contributed by atoms with E-state index in [4.69, 9.17) is 15.2 Å². The molecule has 0 unspecified atom stereocenters. The molecule has 3 rings (SSSR count). The highest BCUT2D eigenvalue weighted by Gasteiger charge is 2.10. The van der Waals surface area contributed by atoms with Gasteiger partial charge in [-0.2, -0.15) is 9.97 Å². The van der Waals surface area contributed by atoms with E-state index in [0.29, 0.717) is 29.4 Å². The molecule has 0 fully saturated rings. The van der Waals surface area contributed by atoms with Gasteiger partial charge in [0.15, 0.2) is 5.65 Å². The van der Waals surface area contributed by atoms with Crippen LogP contribution in [0.4, 0.5) is 5.95 Å². The monoisotopic (exact) mass is 285 g/mol. The molecule has 3 N–H and O–H groups in total. The van der Waals surface area contributed by atoms with Crippen LogP contribution in [0, 0.1) is 0 Å². The van der Waals surface area contributed by atoms with E-state index < -0.39 is 0 Å². The van der Waals surface area contributed by atoms with Crippen molar-refractivity contribution >= 4 is 17.1 Å². The molecule has 7 nitrogen and oxygen atoms in total. The van der Waals surface area contributed by atoms with E-state index >= 15 is 0 Å². The number of benzene rings is 1. The first-order valence-electron chi connectivity index (χ1n) is 6.63. The number of fused-ring (bicyclic) bond motifs is 1. The molecule has 0 aliphatic carbocycles. The number of anilines is 1. The highest BCUT2D eigenvalue weighted by Crippen LogP contribution is 2.27. The van der Waals surface area contributed by atoms with Gasteiger partial charge in [-0.15, -0.1) is 0 Å². The van der Waals surface area contributed by atoms with E-state index in [9.17, 15) is 0 Å². The van der Waals surface area contributed by atoms with E-state index in [1.54, 1.807) is 0 Å². The molecular weight excluding hydrogens is 270 g/mol. The topological polar surface area (TPSA) is 98.9 Å². The van der Waals surface area contributed by atoms with Crippen molar-refractivity contribution in [3.05, 3.63) is 30.6 Å². The van der Waals surface area contributed by atoms with Gasteiger partial charge in [-0.1, -0.05) is 6.92 Å². The summed E-state index contributed by atoms with van der Waals surface area (Å²) in [6, 6.07) is 7.32. The van der Waals surface area contributed by atoms with E-state index in [2.05, 4.69) is 26.9 Å². The lowest BCUT2D eigenvalue weighted by molar-refractivity contribution is 0.317. The molecule has 0 spiro atoms. The van der Waals surface area contributed by atoms with Gasteiger partial charge in [-0.3, -0.25) is 0 Å². The van der Waals surface area contributed by atoms with Gasteiger partial charge in [0.05, 0.1) is 12.9 Å². The van der Waals surface area contributed by atoms with E-state index in [1.807, 2.05) is 24.3 Å². The Morgan fingerprint density at radius 2 is 1.90 bits per heavy atom. The molecule has 0 aliphatic rings. The summed E-state index contributed by atoms with van der Waals surface area (Å²) in [5, 5.41) is 0. The minimum atomic E-state index is 0.118. The fourth-order valence-corrected chi connectivity index (χ4v) is 1.83. The molecule has 1 aromatic carbocycles. The predicted molar refractivity (Wildman–Crippen MR) is 78.4 cm³/mol.